The van der Waals surface area contributed by atoms with Crippen LogP contribution in [0.5, 0.6) is 0 Å². The first-order valence-corrected chi connectivity index (χ1v) is 6.06. The van der Waals surface area contributed by atoms with Gasteiger partial charge in [-0.25, -0.2) is 0 Å². The Labute approximate surface area is 91.7 Å². The number of hydrogen-bond donors (Lipinski definition) is 2. The smallest absolute Gasteiger partial charge is 0.0327 e. The van der Waals surface area contributed by atoms with Crippen LogP contribution in [0.2, 0.25) is 0 Å². The van der Waals surface area contributed by atoms with E-state index in [4.69, 9.17) is 5.73 Å². The average Bonchev–Trinajstić information content (AvgIpc) is 2.48. The van der Waals surface area contributed by atoms with Crippen molar-refractivity contribution in [3.05, 3.63) is 20.8 Å². The van der Waals surface area contributed by atoms with Gasteiger partial charge in [-0.3, -0.25) is 0 Å². The van der Waals surface area contributed by atoms with Crippen LogP contribution < -0.4 is 11.1 Å². The normalized spacial score (nSPS) is 13.2. The van der Waals surface area contributed by atoms with Gasteiger partial charge in [-0.2, -0.15) is 0 Å². The standard InChI is InChI=1S/C9H15BrN2S/c1-7(2-4-11)12-6-9-8(10)3-5-13-9/h3,5,7,12H,2,4,6,11H2,1H3. The lowest BCUT2D eigenvalue weighted by atomic mass is 10.2. The van der Waals surface area contributed by atoms with E-state index in [1.807, 2.05) is 0 Å². The summed E-state index contributed by atoms with van der Waals surface area (Å²) in [5, 5.41) is 5.52. The molecule has 0 aromatic carbocycles. The summed E-state index contributed by atoms with van der Waals surface area (Å²) in [6.07, 6.45) is 1.03. The van der Waals surface area contributed by atoms with E-state index in [0.29, 0.717) is 6.04 Å². The number of rotatable bonds is 5. The van der Waals surface area contributed by atoms with Crippen LogP contribution in [0.3, 0.4) is 0 Å². The summed E-state index contributed by atoms with van der Waals surface area (Å²) in [4.78, 5) is 1.35. The van der Waals surface area contributed by atoms with Gasteiger partial charge in [-0.05, 0) is 47.3 Å². The molecule has 2 nitrogen and oxygen atoms in total. The van der Waals surface area contributed by atoms with Gasteiger partial charge in [0.2, 0.25) is 0 Å². The molecule has 3 N–H and O–H groups in total. The van der Waals surface area contributed by atoms with E-state index in [0.717, 1.165) is 19.5 Å². The van der Waals surface area contributed by atoms with Crippen LogP contribution in [0.1, 0.15) is 18.2 Å². The summed E-state index contributed by atoms with van der Waals surface area (Å²) in [5.41, 5.74) is 5.46. The maximum atomic E-state index is 5.46. The Bertz CT molecular complexity index is 250. The first kappa shape index (κ1) is 11.2. The molecule has 1 aromatic rings. The summed E-state index contributed by atoms with van der Waals surface area (Å²) in [6, 6.07) is 2.58. The summed E-state index contributed by atoms with van der Waals surface area (Å²) >= 11 is 5.27. The van der Waals surface area contributed by atoms with Crippen LogP contribution in [0, 0.1) is 0 Å². The zero-order valence-electron chi connectivity index (χ0n) is 7.72. The van der Waals surface area contributed by atoms with Gasteiger partial charge in [0, 0.05) is 21.9 Å². The van der Waals surface area contributed by atoms with Gasteiger partial charge in [0.1, 0.15) is 0 Å². The largest absolute Gasteiger partial charge is 0.330 e. The molecule has 0 saturated heterocycles. The Kier molecular flexibility index (Phi) is 4.94. The quantitative estimate of drug-likeness (QED) is 0.855. The van der Waals surface area contributed by atoms with Crippen molar-refractivity contribution in [3.63, 3.8) is 0 Å². The molecule has 0 amide bonds. The van der Waals surface area contributed by atoms with Crippen LogP contribution in [0.15, 0.2) is 15.9 Å². The van der Waals surface area contributed by atoms with Crippen molar-refractivity contribution in [1.29, 1.82) is 0 Å². The lowest BCUT2D eigenvalue weighted by Crippen LogP contribution is -2.27. The zero-order valence-corrected chi connectivity index (χ0v) is 10.1. The Morgan fingerprint density at radius 1 is 1.69 bits per heavy atom. The monoisotopic (exact) mass is 262 g/mol. The number of hydrogen-bond acceptors (Lipinski definition) is 3. The second-order valence-electron chi connectivity index (χ2n) is 3.05. The Morgan fingerprint density at radius 3 is 3.00 bits per heavy atom. The summed E-state index contributed by atoms with van der Waals surface area (Å²) in [5.74, 6) is 0. The van der Waals surface area contributed by atoms with Gasteiger partial charge < -0.3 is 11.1 Å². The fourth-order valence-corrected chi connectivity index (χ4v) is 2.51. The number of nitrogens with two attached hydrogens (primary N) is 1. The number of thiophene rings is 1. The molecule has 1 heterocycles. The third-order valence-electron chi connectivity index (χ3n) is 1.90. The molecule has 0 aliphatic heterocycles. The van der Waals surface area contributed by atoms with E-state index in [1.165, 1.54) is 9.35 Å². The molecule has 74 valence electrons. The molecule has 0 aliphatic carbocycles. The van der Waals surface area contributed by atoms with Crippen LogP contribution in [-0.4, -0.2) is 12.6 Å². The number of halogens is 1. The highest BCUT2D eigenvalue weighted by Gasteiger charge is 2.03. The van der Waals surface area contributed by atoms with Gasteiger partial charge in [-0.1, -0.05) is 0 Å². The lowest BCUT2D eigenvalue weighted by molar-refractivity contribution is 0.522. The van der Waals surface area contributed by atoms with Crippen molar-refractivity contribution in [2.45, 2.75) is 25.9 Å². The second-order valence-corrected chi connectivity index (χ2v) is 4.91. The van der Waals surface area contributed by atoms with E-state index in [9.17, 15) is 0 Å². The predicted molar refractivity (Wildman–Crippen MR) is 62.0 cm³/mol. The highest BCUT2D eigenvalue weighted by molar-refractivity contribution is 9.10. The lowest BCUT2D eigenvalue weighted by Gasteiger charge is -2.11. The second kappa shape index (κ2) is 5.75. The zero-order chi connectivity index (χ0) is 9.68. The molecular formula is C9H15BrN2S. The highest BCUT2D eigenvalue weighted by Crippen LogP contribution is 2.22. The predicted octanol–water partition coefficient (Wildman–Crippen LogP) is 2.34. The minimum absolute atomic E-state index is 0.499. The molecular weight excluding hydrogens is 248 g/mol. The summed E-state index contributed by atoms with van der Waals surface area (Å²) < 4.78 is 1.20. The molecule has 0 spiro atoms. The first-order chi connectivity index (χ1) is 6.24. The van der Waals surface area contributed by atoms with Gasteiger partial charge in [0.15, 0.2) is 0 Å². The van der Waals surface area contributed by atoms with Crippen molar-refractivity contribution < 1.29 is 0 Å². The fraction of sp³-hybridized carbons (Fsp3) is 0.556. The van der Waals surface area contributed by atoms with Crippen LogP contribution in [-0.2, 0) is 6.54 Å². The minimum Gasteiger partial charge on any atom is -0.330 e. The van der Waals surface area contributed by atoms with E-state index in [1.54, 1.807) is 11.3 Å². The molecule has 13 heavy (non-hydrogen) atoms. The average molecular weight is 263 g/mol. The fourth-order valence-electron chi connectivity index (χ4n) is 1.07. The Balaban J connectivity index is 2.30. The van der Waals surface area contributed by atoms with Crippen LogP contribution in [0.25, 0.3) is 0 Å². The van der Waals surface area contributed by atoms with Crippen molar-refractivity contribution in [3.8, 4) is 0 Å². The van der Waals surface area contributed by atoms with E-state index >= 15 is 0 Å². The van der Waals surface area contributed by atoms with Crippen molar-refractivity contribution in [1.82, 2.24) is 5.32 Å². The SMILES string of the molecule is CC(CCN)NCc1sccc1Br. The molecule has 0 radical (unpaired) electrons. The molecule has 1 rings (SSSR count). The molecule has 0 aliphatic rings. The maximum Gasteiger partial charge on any atom is 0.0327 e. The van der Waals surface area contributed by atoms with Gasteiger partial charge in [-0.15, -0.1) is 11.3 Å². The third kappa shape index (κ3) is 3.77. The number of nitrogens with one attached hydrogen (secondary N) is 1. The van der Waals surface area contributed by atoms with Gasteiger partial charge in [0.05, 0.1) is 0 Å². The van der Waals surface area contributed by atoms with E-state index < -0.39 is 0 Å². The Morgan fingerprint density at radius 2 is 2.46 bits per heavy atom. The topological polar surface area (TPSA) is 38.0 Å². The van der Waals surface area contributed by atoms with Crippen molar-refractivity contribution in [2.24, 2.45) is 5.73 Å². The summed E-state index contributed by atoms with van der Waals surface area (Å²) in [6.45, 7) is 3.84. The van der Waals surface area contributed by atoms with Gasteiger partial charge >= 0.3 is 0 Å². The maximum absolute atomic E-state index is 5.46. The van der Waals surface area contributed by atoms with E-state index in [-0.39, 0.29) is 0 Å². The van der Waals surface area contributed by atoms with Crippen LogP contribution in [0.4, 0.5) is 0 Å². The summed E-state index contributed by atoms with van der Waals surface area (Å²) in [7, 11) is 0. The molecule has 1 unspecified atom stereocenters. The van der Waals surface area contributed by atoms with Crippen molar-refractivity contribution >= 4 is 27.3 Å². The highest BCUT2D eigenvalue weighted by atomic mass is 79.9. The molecule has 1 atom stereocenters. The Hall–Kier alpha value is 0.100. The molecule has 0 bridgehead atoms. The molecule has 0 fully saturated rings. The van der Waals surface area contributed by atoms with E-state index in [2.05, 4.69) is 39.6 Å². The third-order valence-corrected chi connectivity index (χ3v) is 3.83. The molecule has 4 heteroatoms. The molecule has 0 saturated carbocycles. The first-order valence-electron chi connectivity index (χ1n) is 4.39. The van der Waals surface area contributed by atoms with Crippen LogP contribution >= 0.6 is 27.3 Å². The van der Waals surface area contributed by atoms with Gasteiger partial charge in [0.25, 0.3) is 0 Å². The minimum atomic E-state index is 0.499. The van der Waals surface area contributed by atoms with Crippen molar-refractivity contribution in [2.75, 3.05) is 6.54 Å². The molecule has 1 aromatic heterocycles.